The van der Waals surface area contributed by atoms with E-state index in [1.54, 1.807) is 0 Å². The van der Waals surface area contributed by atoms with Gasteiger partial charge in [0.15, 0.2) is 0 Å². The van der Waals surface area contributed by atoms with Crippen LogP contribution in [-0.2, 0) is 0 Å². The first kappa shape index (κ1) is 52.8. The molecular formula is C60H66Si6. The fourth-order valence-electron chi connectivity index (χ4n) is 5.37. The molecule has 330 valence electrons. The lowest BCUT2D eigenvalue weighted by atomic mass is 10.0. The molecule has 0 bridgehead atoms. The molecule has 4 aromatic carbocycles. The minimum atomic E-state index is -1.61. The fraction of sp³-hybridized carbons (Fsp3) is 0.300. The van der Waals surface area contributed by atoms with E-state index in [1.165, 1.54) is 0 Å². The standard InChI is InChI=1S/C60H66Si6/c1-61(2,3)31-25-55-40-52(41-56(46-55)26-32-62(4,5)6)22-19-49-37-50(20-23-53-42-57(27-33-63(7,8)9)47-58(43-53)28-34-64(10,11)12)39-51(38-49)21-24-54-44-59(29-35-65(13,14)15)48-60(45-54)30-36-66(16,17)18/h37-48H,1-18H3. The average molecular weight is 956 g/mol. The molecule has 0 radical (unpaired) electrons. The van der Waals surface area contributed by atoms with E-state index in [9.17, 15) is 0 Å². The maximum atomic E-state index is 3.52. The van der Waals surface area contributed by atoms with Crippen molar-refractivity contribution in [1.82, 2.24) is 0 Å². The van der Waals surface area contributed by atoms with Crippen LogP contribution in [0.4, 0.5) is 0 Å². The second kappa shape index (κ2) is 21.7. The molecule has 4 aromatic rings. The van der Waals surface area contributed by atoms with Crippen LogP contribution >= 0.6 is 0 Å². The molecule has 6 heteroatoms. The Morgan fingerprint density at radius 1 is 0.167 bits per heavy atom. The summed E-state index contributed by atoms with van der Waals surface area (Å²) in [4.78, 5) is 0. The van der Waals surface area contributed by atoms with Gasteiger partial charge < -0.3 is 0 Å². The third kappa shape index (κ3) is 21.9. The van der Waals surface area contributed by atoms with Gasteiger partial charge in [0.05, 0.1) is 0 Å². The van der Waals surface area contributed by atoms with Crippen LogP contribution in [0.5, 0.6) is 0 Å². The Balaban J connectivity index is 1.97. The second-order valence-electron chi connectivity index (χ2n) is 22.9. The lowest BCUT2D eigenvalue weighted by Gasteiger charge is -2.05. The van der Waals surface area contributed by atoms with Crippen LogP contribution in [0.3, 0.4) is 0 Å². The number of benzene rings is 4. The molecule has 0 fully saturated rings. The Hall–Kier alpha value is -5.78. The molecule has 0 N–H and O–H groups in total. The normalized spacial score (nSPS) is 11.0. The quantitative estimate of drug-likeness (QED) is 0.122. The lowest BCUT2D eigenvalue weighted by molar-refractivity contribution is 1.53. The molecule has 0 aliphatic carbocycles. The predicted molar refractivity (Wildman–Crippen MR) is 305 cm³/mol. The minimum Gasteiger partial charge on any atom is -0.127 e. The van der Waals surface area contributed by atoms with Gasteiger partial charge in [0.2, 0.25) is 0 Å². The van der Waals surface area contributed by atoms with Gasteiger partial charge in [-0.25, -0.2) is 0 Å². The zero-order valence-electron chi connectivity index (χ0n) is 42.9. The summed E-state index contributed by atoms with van der Waals surface area (Å²) in [6.07, 6.45) is 0. The molecule has 0 amide bonds. The number of hydrogen-bond acceptors (Lipinski definition) is 0. The topological polar surface area (TPSA) is 0 Å². The zero-order valence-corrected chi connectivity index (χ0v) is 48.9. The third-order valence-corrected chi connectivity index (χ3v) is 13.5. The van der Waals surface area contributed by atoms with Gasteiger partial charge in [-0.2, -0.15) is 0 Å². The van der Waals surface area contributed by atoms with Crippen LogP contribution in [-0.4, -0.2) is 48.4 Å². The van der Waals surface area contributed by atoms with E-state index < -0.39 is 48.4 Å². The Labute approximate surface area is 407 Å². The van der Waals surface area contributed by atoms with Gasteiger partial charge >= 0.3 is 0 Å². The molecule has 0 saturated heterocycles. The molecule has 0 nitrogen and oxygen atoms in total. The highest BCUT2D eigenvalue weighted by Gasteiger charge is 2.12. The van der Waals surface area contributed by atoms with Crippen molar-refractivity contribution < 1.29 is 0 Å². The lowest BCUT2D eigenvalue weighted by Crippen LogP contribution is -2.16. The van der Waals surface area contributed by atoms with Gasteiger partial charge in [0.25, 0.3) is 0 Å². The summed E-state index contributed by atoms with van der Waals surface area (Å²) in [6, 6.07) is 24.9. The van der Waals surface area contributed by atoms with Crippen molar-refractivity contribution in [3.05, 3.63) is 140 Å². The van der Waals surface area contributed by atoms with E-state index in [-0.39, 0.29) is 0 Å². The van der Waals surface area contributed by atoms with Crippen molar-refractivity contribution in [2.75, 3.05) is 0 Å². The van der Waals surface area contributed by atoms with Crippen LogP contribution in [0.2, 0.25) is 118 Å². The molecule has 66 heavy (non-hydrogen) atoms. The smallest absolute Gasteiger partial charge is 0.127 e. The van der Waals surface area contributed by atoms with E-state index in [0.717, 1.165) is 66.8 Å². The Kier molecular flexibility index (Phi) is 17.4. The van der Waals surface area contributed by atoms with Crippen molar-refractivity contribution in [3.8, 4) is 104 Å². The van der Waals surface area contributed by atoms with E-state index in [1.807, 2.05) is 18.2 Å². The Morgan fingerprint density at radius 2 is 0.258 bits per heavy atom. The van der Waals surface area contributed by atoms with Gasteiger partial charge in [-0.05, 0) is 72.8 Å². The molecule has 0 heterocycles. The molecular weight excluding hydrogens is 889 g/mol. The fourth-order valence-corrected chi connectivity index (χ4v) is 8.48. The van der Waals surface area contributed by atoms with E-state index in [0.29, 0.717) is 0 Å². The predicted octanol–water partition coefficient (Wildman–Crippen LogP) is 13.3. The molecule has 0 aromatic heterocycles. The first-order valence-electron chi connectivity index (χ1n) is 22.7. The summed E-state index contributed by atoms with van der Waals surface area (Å²) in [7, 11) is -9.63. The van der Waals surface area contributed by atoms with E-state index >= 15 is 0 Å². The highest BCUT2D eigenvalue weighted by atomic mass is 28.3. The van der Waals surface area contributed by atoms with Crippen molar-refractivity contribution in [1.29, 1.82) is 0 Å². The molecule has 0 aliphatic heterocycles. The maximum Gasteiger partial charge on any atom is 0.129 e. The molecule has 0 unspecified atom stereocenters. The minimum absolute atomic E-state index is 0.812. The van der Waals surface area contributed by atoms with Crippen LogP contribution in [0.25, 0.3) is 0 Å². The van der Waals surface area contributed by atoms with Crippen molar-refractivity contribution in [2.24, 2.45) is 0 Å². The maximum absolute atomic E-state index is 3.52. The van der Waals surface area contributed by atoms with Gasteiger partial charge in [-0.15, -0.1) is 33.3 Å². The van der Waals surface area contributed by atoms with Crippen molar-refractivity contribution in [2.45, 2.75) is 118 Å². The average Bonchev–Trinajstić information content (AvgIpc) is 3.18. The first-order chi connectivity index (χ1) is 30.3. The first-order valence-corrected chi connectivity index (χ1v) is 43.7. The summed E-state index contributed by atoms with van der Waals surface area (Å²) in [6.45, 7) is 40.6. The largest absolute Gasteiger partial charge is 0.129 e. The summed E-state index contributed by atoms with van der Waals surface area (Å²) >= 11 is 0. The summed E-state index contributed by atoms with van der Waals surface area (Å²) in [5.74, 6) is 41.5. The summed E-state index contributed by atoms with van der Waals surface area (Å²) < 4.78 is 0. The highest BCUT2D eigenvalue weighted by Crippen LogP contribution is 2.16. The van der Waals surface area contributed by atoms with Crippen LogP contribution in [0.1, 0.15) is 66.8 Å². The van der Waals surface area contributed by atoms with E-state index in [4.69, 9.17) is 0 Å². The van der Waals surface area contributed by atoms with Crippen molar-refractivity contribution in [3.63, 3.8) is 0 Å². The Bertz CT molecular complexity index is 2620. The third-order valence-electron chi connectivity index (χ3n) is 8.28. The number of rotatable bonds is 0. The van der Waals surface area contributed by atoms with Gasteiger partial charge in [0.1, 0.15) is 48.4 Å². The monoisotopic (exact) mass is 954 g/mol. The molecule has 4 rings (SSSR count). The van der Waals surface area contributed by atoms with Crippen LogP contribution in [0.15, 0.2) is 72.8 Å². The summed E-state index contributed by atoms with van der Waals surface area (Å²) in [5, 5.41) is 0. The molecule has 0 atom stereocenters. The number of hydrogen-bond donors (Lipinski definition) is 0. The van der Waals surface area contributed by atoms with E-state index in [2.05, 4.69) is 277 Å². The van der Waals surface area contributed by atoms with Gasteiger partial charge in [-0.1, -0.05) is 189 Å². The van der Waals surface area contributed by atoms with Crippen LogP contribution < -0.4 is 0 Å². The SMILES string of the molecule is C[Si](C)(C)C#Cc1cc(C#Cc2cc(C#Cc3cc(C#C[Si](C)(C)C)cc(C#C[Si](C)(C)C)c3)cc(C#Cc3cc(C#C[Si](C)(C)C)cc(C#C[Si](C)(C)C)c3)c2)cc(C#C[Si](C)(C)C)c1. The Morgan fingerprint density at radius 3 is 0.348 bits per heavy atom. The zero-order chi connectivity index (χ0) is 49.1. The molecule has 0 saturated carbocycles. The molecule has 0 spiro atoms. The second-order valence-corrected chi connectivity index (χ2v) is 51.4. The van der Waals surface area contributed by atoms with Crippen LogP contribution in [0, 0.1) is 104 Å². The molecule has 0 aliphatic rings. The van der Waals surface area contributed by atoms with Gasteiger partial charge in [-0.3, -0.25) is 0 Å². The summed E-state index contributed by atoms with van der Waals surface area (Å²) in [5.41, 5.74) is 31.8. The van der Waals surface area contributed by atoms with Gasteiger partial charge in [0, 0.05) is 66.8 Å². The highest BCUT2D eigenvalue weighted by molar-refractivity contribution is 6.85. The van der Waals surface area contributed by atoms with Crippen molar-refractivity contribution >= 4 is 48.4 Å².